The van der Waals surface area contributed by atoms with Crippen molar-refractivity contribution in [2.75, 3.05) is 25.0 Å². The van der Waals surface area contributed by atoms with Gasteiger partial charge in [-0.05, 0) is 35.7 Å². The fourth-order valence-electron chi connectivity index (χ4n) is 4.91. The van der Waals surface area contributed by atoms with E-state index in [1.807, 2.05) is 18.2 Å². The molecule has 3 aliphatic heterocycles. The predicted octanol–water partition coefficient (Wildman–Crippen LogP) is 1.54. The fraction of sp³-hybridized carbons (Fsp3) is 0.273. The van der Waals surface area contributed by atoms with Crippen LogP contribution in [-0.2, 0) is 19.8 Å². The molecule has 3 heterocycles. The summed E-state index contributed by atoms with van der Waals surface area (Å²) in [6, 6.07) is 11.7. The SMILES string of the molecule is O=C1CNC(=O)N1CC(=O)N1CC[C@]2(C(=O)Nc3ccccc32)[C@@H]1c1ccc(F)cc1. The largest absolute Gasteiger partial charge is 0.333 e. The van der Waals surface area contributed by atoms with Crippen molar-refractivity contribution in [3.05, 3.63) is 65.5 Å². The lowest BCUT2D eigenvalue weighted by Gasteiger charge is -2.35. The molecule has 2 aromatic carbocycles. The number of hydrogen-bond donors (Lipinski definition) is 2. The number of halogens is 1. The Hall–Kier alpha value is -3.75. The van der Waals surface area contributed by atoms with Crippen molar-refractivity contribution in [3.63, 3.8) is 0 Å². The zero-order valence-corrected chi connectivity index (χ0v) is 16.4. The minimum Gasteiger partial charge on any atom is -0.333 e. The van der Waals surface area contributed by atoms with Crippen molar-refractivity contribution >= 4 is 29.4 Å². The Morgan fingerprint density at radius 3 is 2.55 bits per heavy atom. The molecular formula is C22H19FN4O4. The van der Waals surface area contributed by atoms with E-state index in [4.69, 9.17) is 0 Å². The first-order valence-corrected chi connectivity index (χ1v) is 9.96. The van der Waals surface area contributed by atoms with E-state index in [0.29, 0.717) is 17.7 Å². The van der Waals surface area contributed by atoms with E-state index >= 15 is 0 Å². The van der Waals surface area contributed by atoms with Crippen molar-refractivity contribution in [3.8, 4) is 0 Å². The first kappa shape index (κ1) is 19.2. The molecule has 5 rings (SSSR count). The van der Waals surface area contributed by atoms with Crippen LogP contribution in [0.1, 0.15) is 23.6 Å². The van der Waals surface area contributed by atoms with Gasteiger partial charge in [-0.1, -0.05) is 30.3 Å². The third-order valence-electron chi connectivity index (χ3n) is 6.32. The first-order chi connectivity index (χ1) is 14.9. The number of imide groups is 1. The molecule has 2 saturated heterocycles. The van der Waals surface area contributed by atoms with Gasteiger partial charge in [0, 0.05) is 12.2 Å². The minimum absolute atomic E-state index is 0.146. The minimum atomic E-state index is -1.04. The Balaban J connectivity index is 1.57. The number of hydrogen-bond acceptors (Lipinski definition) is 4. The van der Waals surface area contributed by atoms with Crippen LogP contribution < -0.4 is 10.6 Å². The van der Waals surface area contributed by atoms with E-state index < -0.39 is 41.7 Å². The van der Waals surface area contributed by atoms with Gasteiger partial charge in [-0.15, -0.1) is 0 Å². The summed E-state index contributed by atoms with van der Waals surface area (Å²) in [7, 11) is 0. The normalized spacial score (nSPS) is 24.5. The maximum Gasteiger partial charge on any atom is 0.325 e. The molecule has 8 nitrogen and oxygen atoms in total. The lowest BCUT2D eigenvalue weighted by atomic mass is 9.72. The van der Waals surface area contributed by atoms with Crippen LogP contribution in [-0.4, -0.2) is 53.2 Å². The van der Waals surface area contributed by atoms with Gasteiger partial charge in [-0.3, -0.25) is 19.3 Å². The van der Waals surface area contributed by atoms with Crippen LogP contribution in [0.25, 0.3) is 0 Å². The number of urea groups is 1. The van der Waals surface area contributed by atoms with Gasteiger partial charge < -0.3 is 15.5 Å². The summed E-state index contributed by atoms with van der Waals surface area (Å²) in [5.41, 5.74) is 1.03. The van der Waals surface area contributed by atoms with Crippen LogP contribution in [0.5, 0.6) is 0 Å². The number of carbonyl (C=O) groups is 4. The fourth-order valence-corrected chi connectivity index (χ4v) is 4.91. The van der Waals surface area contributed by atoms with E-state index in [1.165, 1.54) is 17.0 Å². The zero-order valence-electron chi connectivity index (χ0n) is 16.4. The molecule has 0 aromatic heterocycles. The summed E-state index contributed by atoms with van der Waals surface area (Å²) in [4.78, 5) is 52.8. The number of rotatable bonds is 3. The second-order valence-corrected chi connectivity index (χ2v) is 7.90. The van der Waals surface area contributed by atoms with Gasteiger partial charge in [0.1, 0.15) is 17.8 Å². The maximum absolute atomic E-state index is 13.6. The molecule has 1 spiro atoms. The van der Waals surface area contributed by atoms with Crippen molar-refractivity contribution in [2.45, 2.75) is 17.9 Å². The summed E-state index contributed by atoms with van der Waals surface area (Å²) >= 11 is 0. The lowest BCUT2D eigenvalue weighted by Crippen LogP contribution is -2.46. The third kappa shape index (κ3) is 2.80. The van der Waals surface area contributed by atoms with E-state index in [2.05, 4.69) is 10.6 Å². The van der Waals surface area contributed by atoms with E-state index in [9.17, 15) is 23.6 Å². The Labute approximate surface area is 177 Å². The number of carbonyl (C=O) groups excluding carboxylic acids is 4. The maximum atomic E-state index is 13.6. The van der Waals surface area contributed by atoms with Gasteiger partial charge in [0.15, 0.2) is 0 Å². The number of amides is 5. The summed E-state index contributed by atoms with van der Waals surface area (Å²) in [5, 5.41) is 5.30. The summed E-state index contributed by atoms with van der Waals surface area (Å²) in [6.07, 6.45) is 0.365. The monoisotopic (exact) mass is 422 g/mol. The Morgan fingerprint density at radius 1 is 1.10 bits per heavy atom. The zero-order chi connectivity index (χ0) is 21.8. The second kappa shape index (κ2) is 6.90. The highest BCUT2D eigenvalue weighted by atomic mass is 19.1. The number of fused-ring (bicyclic) bond motifs is 2. The number of para-hydroxylation sites is 1. The summed E-state index contributed by atoms with van der Waals surface area (Å²) < 4.78 is 13.6. The number of nitrogens with one attached hydrogen (secondary N) is 2. The highest BCUT2D eigenvalue weighted by Crippen LogP contribution is 2.54. The summed E-state index contributed by atoms with van der Waals surface area (Å²) in [6.45, 7) is -0.304. The Morgan fingerprint density at radius 2 is 1.84 bits per heavy atom. The first-order valence-electron chi connectivity index (χ1n) is 9.96. The average Bonchev–Trinajstić information content (AvgIpc) is 3.40. The third-order valence-corrected chi connectivity index (χ3v) is 6.32. The quantitative estimate of drug-likeness (QED) is 0.733. The molecule has 0 unspecified atom stereocenters. The van der Waals surface area contributed by atoms with Crippen LogP contribution in [0.15, 0.2) is 48.5 Å². The smallest absolute Gasteiger partial charge is 0.325 e. The average molecular weight is 422 g/mol. The van der Waals surface area contributed by atoms with Crippen LogP contribution in [0.3, 0.4) is 0 Å². The van der Waals surface area contributed by atoms with E-state index in [-0.39, 0.29) is 19.0 Å². The molecule has 2 fully saturated rings. The van der Waals surface area contributed by atoms with Crippen molar-refractivity contribution < 1.29 is 23.6 Å². The van der Waals surface area contributed by atoms with Crippen LogP contribution >= 0.6 is 0 Å². The molecular weight excluding hydrogens is 403 g/mol. The molecule has 0 bridgehead atoms. The molecule has 0 aliphatic carbocycles. The summed E-state index contributed by atoms with van der Waals surface area (Å²) in [5.74, 6) is -1.58. The van der Waals surface area contributed by atoms with Crippen LogP contribution in [0, 0.1) is 5.82 Å². The van der Waals surface area contributed by atoms with Gasteiger partial charge in [-0.25, -0.2) is 9.18 Å². The second-order valence-electron chi connectivity index (χ2n) is 7.90. The van der Waals surface area contributed by atoms with Crippen LogP contribution in [0.4, 0.5) is 14.9 Å². The topological polar surface area (TPSA) is 98.8 Å². The number of likely N-dealkylation sites (tertiary alicyclic amines) is 1. The number of nitrogens with zero attached hydrogens (tertiary/aromatic N) is 2. The molecule has 2 N–H and O–H groups in total. The molecule has 9 heteroatoms. The number of anilines is 1. The van der Waals surface area contributed by atoms with Crippen molar-refractivity contribution in [1.29, 1.82) is 0 Å². The van der Waals surface area contributed by atoms with Gasteiger partial charge in [0.25, 0.3) is 5.91 Å². The van der Waals surface area contributed by atoms with E-state index in [1.54, 1.807) is 18.2 Å². The Bertz CT molecular complexity index is 1100. The van der Waals surface area contributed by atoms with Gasteiger partial charge >= 0.3 is 6.03 Å². The number of benzene rings is 2. The molecule has 31 heavy (non-hydrogen) atoms. The lowest BCUT2D eigenvalue weighted by molar-refractivity contribution is -0.138. The molecule has 158 valence electrons. The molecule has 0 radical (unpaired) electrons. The van der Waals surface area contributed by atoms with Gasteiger partial charge in [-0.2, -0.15) is 0 Å². The van der Waals surface area contributed by atoms with Crippen LogP contribution in [0.2, 0.25) is 0 Å². The molecule has 2 aromatic rings. The molecule has 0 saturated carbocycles. The molecule has 5 amide bonds. The predicted molar refractivity (Wildman–Crippen MR) is 107 cm³/mol. The van der Waals surface area contributed by atoms with Gasteiger partial charge in [0.05, 0.1) is 12.6 Å². The highest BCUT2D eigenvalue weighted by Gasteiger charge is 2.59. The standard InChI is InChI=1S/C22H19FN4O4/c23-14-7-5-13(6-8-14)19-22(15-3-1-2-4-16(15)25-20(22)30)9-10-26(19)18(29)12-27-17(28)11-24-21(27)31/h1-8,19H,9-12H2,(H,24,31)(H,25,30)/t19-,22+/m0/s1. The van der Waals surface area contributed by atoms with Crippen molar-refractivity contribution in [1.82, 2.24) is 15.1 Å². The van der Waals surface area contributed by atoms with E-state index in [0.717, 1.165) is 10.5 Å². The van der Waals surface area contributed by atoms with Gasteiger partial charge in [0.2, 0.25) is 11.8 Å². The molecule has 2 atom stereocenters. The molecule has 3 aliphatic rings. The van der Waals surface area contributed by atoms with Crippen molar-refractivity contribution in [2.24, 2.45) is 0 Å². The Kier molecular flexibility index (Phi) is 4.28. The highest BCUT2D eigenvalue weighted by molar-refractivity contribution is 6.08.